The Balaban J connectivity index is 2.59. The van der Waals surface area contributed by atoms with Gasteiger partial charge in [-0.1, -0.05) is 13.8 Å². The largest absolute Gasteiger partial charge is 0.399 e. The molecule has 0 bridgehead atoms. The molecule has 112 valence electrons. The number of likely N-dealkylation sites (tertiary alicyclic amines) is 1. The van der Waals surface area contributed by atoms with E-state index < -0.39 is 17.9 Å². The summed E-state index contributed by atoms with van der Waals surface area (Å²) in [5, 5.41) is 7.12. The molecule has 1 saturated heterocycles. The molecule has 6 heteroatoms. The number of amidine groups is 1. The average molecular weight is 279 g/mol. The lowest BCUT2D eigenvalue weighted by Crippen LogP contribution is -2.44. The van der Waals surface area contributed by atoms with Gasteiger partial charge in [-0.25, -0.2) is 0 Å². The minimum absolute atomic E-state index is 0.177. The molecule has 3 N–H and O–H groups in total. The van der Waals surface area contributed by atoms with Crippen molar-refractivity contribution >= 4 is 5.84 Å². The van der Waals surface area contributed by atoms with Gasteiger partial charge >= 0.3 is 6.18 Å². The van der Waals surface area contributed by atoms with Crippen LogP contribution < -0.4 is 5.73 Å². The van der Waals surface area contributed by atoms with E-state index in [0.717, 1.165) is 19.3 Å². The zero-order valence-corrected chi connectivity index (χ0v) is 11.6. The second kappa shape index (κ2) is 6.59. The molecule has 1 aliphatic rings. The zero-order valence-electron chi connectivity index (χ0n) is 11.6. The van der Waals surface area contributed by atoms with Crippen LogP contribution in [0.2, 0.25) is 0 Å². The minimum atomic E-state index is -4.42. The number of hydrogen-bond acceptors (Lipinski definition) is 2. The molecule has 0 amide bonds. The highest BCUT2D eigenvalue weighted by Gasteiger charge is 2.42. The Labute approximate surface area is 112 Å². The first-order chi connectivity index (χ1) is 8.71. The molecule has 0 saturated carbocycles. The SMILES string of the molecule is CC(C)C1CCCN(CC(C(=N)N)C(F)(F)F)CC1. The predicted octanol–water partition coefficient (Wildman–Crippen LogP) is 2.86. The maximum absolute atomic E-state index is 12.8. The molecular weight excluding hydrogens is 255 g/mol. The van der Waals surface area contributed by atoms with Gasteiger partial charge in [0.1, 0.15) is 11.8 Å². The van der Waals surface area contributed by atoms with Gasteiger partial charge in [-0.15, -0.1) is 0 Å². The first-order valence-electron chi connectivity index (χ1n) is 6.84. The summed E-state index contributed by atoms with van der Waals surface area (Å²) in [5.74, 6) is -1.45. The van der Waals surface area contributed by atoms with Gasteiger partial charge in [0.25, 0.3) is 0 Å². The summed E-state index contributed by atoms with van der Waals surface area (Å²) in [6.07, 6.45) is -1.49. The molecule has 2 atom stereocenters. The third kappa shape index (κ3) is 5.01. The lowest BCUT2D eigenvalue weighted by Gasteiger charge is -2.27. The summed E-state index contributed by atoms with van der Waals surface area (Å²) in [6.45, 7) is 5.48. The van der Waals surface area contributed by atoms with Crippen LogP contribution in [-0.2, 0) is 0 Å². The molecule has 3 nitrogen and oxygen atoms in total. The van der Waals surface area contributed by atoms with E-state index >= 15 is 0 Å². The Hall–Kier alpha value is -0.780. The second-order valence-electron chi connectivity index (χ2n) is 5.79. The second-order valence-corrected chi connectivity index (χ2v) is 5.79. The quantitative estimate of drug-likeness (QED) is 0.614. The normalized spacial score (nSPS) is 24.2. The van der Waals surface area contributed by atoms with Gasteiger partial charge in [0.2, 0.25) is 0 Å². The third-order valence-electron chi connectivity index (χ3n) is 4.02. The van der Waals surface area contributed by atoms with Crippen LogP contribution in [0.3, 0.4) is 0 Å². The van der Waals surface area contributed by atoms with Crippen molar-refractivity contribution in [1.82, 2.24) is 4.90 Å². The Morgan fingerprint density at radius 2 is 1.95 bits per heavy atom. The highest BCUT2D eigenvalue weighted by molar-refractivity contribution is 5.80. The first-order valence-corrected chi connectivity index (χ1v) is 6.84. The molecule has 0 aromatic heterocycles. The van der Waals surface area contributed by atoms with Gasteiger partial charge in [0.05, 0.1) is 0 Å². The summed E-state index contributed by atoms with van der Waals surface area (Å²) >= 11 is 0. The molecule has 0 aliphatic carbocycles. The molecule has 19 heavy (non-hydrogen) atoms. The molecule has 1 aliphatic heterocycles. The van der Waals surface area contributed by atoms with E-state index in [2.05, 4.69) is 13.8 Å². The molecule has 0 aromatic carbocycles. The van der Waals surface area contributed by atoms with Crippen LogP contribution in [0.5, 0.6) is 0 Å². The summed E-state index contributed by atoms with van der Waals surface area (Å²) < 4.78 is 38.4. The number of rotatable bonds is 4. The number of nitrogens with zero attached hydrogens (tertiary/aromatic N) is 1. The fraction of sp³-hybridized carbons (Fsp3) is 0.923. The van der Waals surface area contributed by atoms with Gasteiger partial charge in [-0.05, 0) is 44.2 Å². The van der Waals surface area contributed by atoms with E-state index in [1.54, 1.807) is 0 Å². The molecule has 0 radical (unpaired) electrons. The minimum Gasteiger partial charge on any atom is -0.387 e. The smallest absolute Gasteiger partial charge is 0.387 e. The van der Waals surface area contributed by atoms with Crippen LogP contribution in [0.25, 0.3) is 0 Å². The Bertz CT molecular complexity index is 302. The Morgan fingerprint density at radius 1 is 1.32 bits per heavy atom. The molecule has 0 aromatic rings. The lowest BCUT2D eigenvalue weighted by atomic mass is 9.89. The van der Waals surface area contributed by atoms with Crippen LogP contribution in [0.15, 0.2) is 0 Å². The lowest BCUT2D eigenvalue weighted by molar-refractivity contribution is -0.159. The summed E-state index contributed by atoms with van der Waals surface area (Å²) in [4.78, 5) is 1.81. The average Bonchev–Trinajstić information content (AvgIpc) is 2.48. The fourth-order valence-corrected chi connectivity index (χ4v) is 2.67. The fourth-order valence-electron chi connectivity index (χ4n) is 2.67. The van der Waals surface area contributed by atoms with E-state index in [1.165, 1.54) is 0 Å². The van der Waals surface area contributed by atoms with Gasteiger partial charge in [0.15, 0.2) is 0 Å². The molecule has 1 heterocycles. The van der Waals surface area contributed by atoms with Crippen LogP contribution in [0.4, 0.5) is 13.2 Å². The van der Waals surface area contributed by atoms with Crippen molar-refractivity contribution in [3.63, 3.8) is 0 Å². The number of alkyl halides is 3. The highest BCUT2D eigenvalue weighted by Crippen LogP contribution is 2.29. The van der Waals surface area contributed by atoms with E-state index in [9.17, 15) is 13.2 Å². The Kier molecular flexibility index (Phi) is 5.64. The maximum atomic E-state index is 12.8. The number of halogens is 3. The monoisotopic (exact) mass is 279 g/mol. The van der Waals surface area contributed by atoms with E-state index in [1.807, 2.05) is 4.90 Å². The van der Waals surface area contributed by atoms with Gasteiger partial charge < -0.3 is 10.6 Å². The summed E-state index contributed by atoms with van der Waals surface area (Å²) in [6, 6.07) is 0. The van der Waals surface area contributed by atoms with Crippen molar-refractivity contribution in [2.45, 2.75) is 39.3 Å². The van der Waals surface area contributed by atoms with Crippen molar-refractivity contribution in [3.05, 3.63) is 0 Å². The standard InChI is InChI=1S/C13H24F3N3/c1-9(2)10-4-3-6-19(7-5-10)8-11(12(17)18)13(14,15)16/h9-11H,3-8H2,1-2H3,(H3,17,18). The summed E-state index contributed by atoms with van der Waals surface area (Å²) in [7, 11) is 0. The van der Waals surface area contributed by atoms with Crippen molar-refractivity contribution in [2.75, 3.05) is 19.6 Å². The Morgan fingerprint density at radius 3 is 2.42 bits per heavy atom. The van der Waals surface area contributed by atoms with Crippen LogP contribution in [0.1, 0.15) is 33.1 Å². The molecule has 1 rings (SSSR count). The first kappa shape index (κ1) is 16.3. The summed E-state index contributed by atoms with van der Waals surface area (Å²) in [5.41, 5.74) is 5.09. The van der Waals surface area contributed by atoms with Gasteiger partial charge in [-0.3, -0.25) is 5.41 Å². The molecule has 2 unspecified atom stereocenters. The molecular formula is C13H24F3N3. The van der Waals surface area contributed by atoms with Gasteiger partial charge in [0, 0.05) is 6.54 Å². The van der Waals surface area contributed by atoms with E-state index in [-0.39, 0.29) is 6.54 Å². The van der Waals surface area contributed by atoms with Crippen LogP contribution in [-0.4, -0.2) is 36.5 Å². The highest BCUT2D eigenvalue weighted by atomic mass is 19.4. The van der Waals surface area contributed by atoms with Crippen molar-refractivity contribution in [1.29, 1.82) is 5.41 Å². The molecule has 1 fully saturated rings. The zero-order chi connectivity index (χ0) is 14.6. The number of hydrogen-bond donors (Lipinski definition) is 2. The molecule has 0 spiro atoms. The van der Waals surface area contributed by atoms with E-state index in [0.29, 0.717) is 24.9 Å². The maximum Gasteiger partial charge on any atom is 0.399 e. The third-order valence-corrected chi connectivity index (χ3v) is 4.02. The van der Waals surface area contributed by atoms with Gasteiger partial charge in [-0.2, -0.15) is 13.2 Å². The van der Waals surface area contributed by atoms with E-state index in [4.69, 9.17) is 11.1 Å². The van der Waals surface area contributed by atoms with Crippen molar-refractivity contribution in [2.24, 2.45) is 23.5 Å². The number of nitrogens with two attached hydrogens (primary N) is 1. The van der Waals surface area contributed by atoms with Crippen molar-refractivity contribution in [3.8, 4) is 0 Å². The topological polar surface area (TPSA) is 53.1 Å². The predicted molar refractivity (Wildman–Crippen MR) is 70.1 cm³/mol. The van der Waals surface area contributed by atoms with Crippen LogP contribution in [0, 0.1) is 23.2 Å². The number of nitrogens with one attached hydrogen (secondary N) is 1. The van der Waals surface area contributed by atoms with Crippen LogP contribution >= 0.6 is 0 Å². The van der Waals surface area contributed by atoms with Crippen molar-refractivity contribution < 1.29 is 13.2 Å².